The van der Waals surface area contributed by atoms with E-state index < -0.39 is 11.9 Å². The molecule has 0 unspecified atom stereocenters. The molecular formula is C20H22ClN3O3. The Morgan fingerprint density at radius 1 is 1.07 bits per heavy atom. The van der Waals surface area contributed by atoms with Gasteiger partial charge in [-0.1, -0.05) is 36.6 Å². The van der Waals surface area contributed by atoms with Crippen LogP contribution >= 0.6 is 11.6 Å². The van der Waals surface area contributed by atoms with Crippen LogP contribution in [0.1, 0.15) is 53.7 Å². The molecule has 1 saturated heterocycles. The Hall–Kier alpha value is -2.34. The molecular weight excluding hydrogens is 366 g/mol. The first kappa shape index (κ1) is 18.0. The highest BCUT2D eigenvalue weighted by Gasteiger charge is 2.41. The number of amides is 1. The highest BCUT2D eigenvalue weighted by Crippen LogP contribution is 2.34. The van der Waals surface area contributed by atoms with Crippen LogP contribution in [0.25, 0.3) is 0 Å². The number of halogens is 1. The number of benzene rings is 1. The first-order valence-corrected chi connectivity index (χ1v) is 9.73. The van der Waals surface area contributed by atoms with Gasteiger partial charge in [0.25, 0.3) is 5.91 Å². The Morgan fingerprint density at radius 3 is 2.44 bits per heavy atom. The number of carboxylic acid groups (broad SMARTS) is 1. The fourth-order valence-electron chi connectivity index (χ4n) is 4.25. The lowest BCUT2D eigenvalue weighted by Gasteiger charge is -2.16. The summed E-state index contributed by atoms with van der Waals surface area (Å²) >= 11 is 5.94. The number of carboxylic acids is 1. The van der Waals surface area contributed by atoms with Crippen molar-refractivity contribution in [1.82, 2.24) is 14.7 Å². The van der Waals surface area contributed by atoms with Gasteiger partial charge >= 0.3 is 5.97 Å². The normalized spacial score (nSPS) is 23.1. The molecule has 2 aromatic rings. The minimum atomic E-state index is -0.887. The van der Waals surface area contributed by atoms with Gasteiger partial charge in [0.05, 0.1) is 12.0 Å². The highest BCUT2D eigenvalue weighted by molar-refractivity contribution is 6.30. The van der Waals surface area contributed by atoms with Gasteiger partial charge in [0.1, 0.15) is 5.69 Å². The van der Waals surface area contributed by atoms with Gasteiger partial charge in [-0.3, -0.25) is 14.3 Å². The predicted molar refractivity (Wildman–Crippen MR) is 101 cm³/mol. The summed E-state index contributed by atoms with van der Waals surface area (Å²) in [6.07, 6.45) is 6.45. The number of carbonyl (C=O) groups excluding carboxylic acids is 1. The van der Waals surface area contributed by atoms with Gasteiger partial charge in [-0.25, -0.2) is 0 Å². The fraction of sp³-hybridized carbons (Fsp3) is 0.450. The topological polar surface area (TPSA) is 75.4 Å². The highest BCUT2D eigenvalue weighted by atomic mass is 35.5. The minimum absolute atomic E-state index is 0.192. The molecule has 2 aliphatic rings. The molecule has 6 nitrogen and oxygen atoms in total. The van der Waals surface area contributed by atoms with E-state index in [-0.39, 0.29) is 18.4 Å². The van der Waals surface area contributed by atoms with E-state index in [2.05, 4.69) is 5.10 Å². The first-order valence-electron chi connectivity index (χ1n) is 9.35. The summed E-state index contributed by atoms with van der Waals surface area (Å²) < 4.78 is 1.89. The smallest absolute Gasteiger partial charge is 0.308 e. The molecule has 4 rings (SSSR count). The molecule has 2 atom stereocenters. The second kappa shape index (κ2) is 7.35. The van der Waals surface area contributed by atoms with E-state index in [0.29, 0.717) is 23.3 Å². The molecule has 1 saturated carbocycles. The van der Waals surface area contributed by atoms with Crippen molar-refractivity contribution in [3.8, 4) is 0 Å². The van der Waals surface area contributed by atoms with Crippen LogP contribution in [0.5, 0.6) is 0 Å². The monoisotopic (exact) mass is 387 g/mol. The van der Waals surface area contributed by atoms with E-state index in [4.69, 9.17) is 11.6 Å². The summed E-state index contributed by atoms with van der Waals surface area (Å²) in [5.41, 5.74) is 1.28. The number of aliphatic carboxylic acids is 1. The zero-order valence-electron chi connectivity index (χ0n) is 14.9. The summed E-state index contributed by atoms with van der Waals surface area (Å²) in [5.74, 6) is -1.97. The molecule has 0 radical (unpaired) electrons. The molecule has 2 fully saturated rings. The molecule has 27 heavy (non-hydrogen) atoms. The largest absolute Gasteiger partial charge is 0.481 e. The quantitative estimate of drug-likeness (QED) is 0.869. The van der Waals surface area contributed by atoms with Crippen LogP contribution in [-0.2, 0) is 4.79 Å². The van der Waals surface area contributed by atoms with Gasteiger partial charge in [-0.2, -0.15) is 5.10 Å². The minimum Gasteiger partial charge on any atom is -0.481 e. The van der Waals surface area contributed by atoms with Crippen molar-refractivity contribution in [1.29, 1.82) is 0 Å². The second-order valence-corrected chi connectivity index (χ2v) is 7.87. The average Bonchev–Trinajstić information content (AvgIpc) is 3.40. The summed E-state index contributed by atoms with van der Waals surface area (Å²) in [5, 5.41) is 14.7. The van der Waals surface area contributed by atoms with E-state index in [0.717, 1.165) is 18.4 Å². The van der Waals surface area contributed by atoms with Gasteiger partial charge in [0.2, 0.25) is 0 Å². The van der Waals surface area contributed by atoms with Crippen molar-refractivity contribution in [2.75, 3.05) is 13.1 Å². The van der Waals surface area contributed by atoms with E-state index in [1.807, 2.05) is 23.0 Å². The zero-order valence-corrected chi connectivity index (χ0v) is 15.7. The maximum atomic E-state index is 12.9. The Morgan fingerprint density at radius 2 is 1.78 bits per heavy atom. The molecule has 1 aliphatic heterocycles. The third-order valence-corrected chi connectivity index (χ3v) is 6.00. The van der Waals surface area contributed by atoms with Crippen molar-refractivity contribution in [2.24, 2.45) is 5.92 Å². The van der Waals surface area contributed by atoms with Gasteiger partial charge in [0.15, 0.2) is 0 Å². The molecule has 142 valence electrons. The fourth-order valence-corrected chi connectivity index (χ4v) is 4.38. The van der Waals surface area contributed by atoms with Crippen LogP contribution in [0.15, 0.2) is 36.5 Å². The van der Waals surface area contributed by atoms with E-state index in [1.165, 1.54) is 12.8 Å². The first-order chi connectivity index (χ1) is 13.0. The number of likely N-dealkylation sites (tertiary alicyclic amines) is 1. The van der Waals surface area contributed by atoms with Crippen LogP contribution < -0.4 is 0 Å². The molecule has 1 N–H and O–H groups in total. The van der Waals surface area contributed by atoms with Crippen LogP contribution in [-0.4, -0.2) is 44.8 Å². The Labute approximate surface area is 162 Å². The maximum absolute atomic E-state index is 12.9. The summed E-state index contributed by atoms with van der Waals surface area (Å²) in [4.78, 5) is 26.3. The summed E-state index contributed by atoms with van der Waals surface area (Å²) in [6, 6.07) is 9.30. The Kier molecular flexibility index (Phi) is 4.91. The number of aromatic nitrogens is 2. The molecule has 0 bridgehead atoms. The van der Waals surface area contributed by atoms with Gasteiger partial charge in [-0.05, 0) is 36.6 Å². The summed E-state index contributed by atoms with van der Waals surface area (Å²) in [7, 11) is 0. The molecule has 1 aromatic heterocycles. The van der Waals surface area contributed by atoms with Gasteiger partial charge < -0.3 is 10.0 Å². The Balaban J connectivity index is 1.52. The second-order valence-electron chi connectivity index (χ2n) is 7.43. The molecule has 0 spiro atoms. The Bertz CT molecular complexity index is 842. The van der Waals surface area contributed by atoms with Gasteiger partial charge in [0, 0.05) is 30.2 Å². The summed E-state index contributed by atoms with van der Waals surface area (Å²) in [6.45, 7) is 0.561. The molecule has 2 heterocycles. The van der Waals surface area contributed by atoms with Crippen LogP contribution in [0, 0.1) is 5.92 Å². The average molecular weight is 388 g/mol. The van der Waals surface area contributed by atoms with Crippen molar-refractivity contribution < 1.29 is 14.7 Å². The predicted octanol–water partition coefficient (Wildman–Crippen LogP) is 3.59. The zero-order chi connectivity index (χ0) is 19.0. The molecule has 1 amide bonds. The number of hydrogen-bond donors (Lipinski definition) is 1. The SMILES string of the molecule is O=C(O)[C@@H]1CN(C(=O)c2ccn(C3CCCC3)n2)C[C@H]1c1ccc(Cl)cc1. The lowest BCUT2D eigenvalue weighted by atomic mass is 9.89. The van der Waals surface area contributed by atoms with Crippen LogP contribution in [0.3, 0.4) is 0 Å². The molecule has 1 aliphatic carbocycles. The third-order valence-electron chi connectivity index (χ3n) is 5.75. The standard InChI is InChI=1S/C20H22ClN3O3/c21-14-7-5-13(6-8-14)16-11-23(12-17(16)20(26)27)19(25)18-9-10-24(22-18)15-3-1-2-4-15/h5-10,15-17H,1-4,11-12H2,(H,26,27)/t16-,17+/m0/s1. The number of carbonyl (C=O) groups is 2. The van der Waals surface area contributed by atoms with E-state index in [1.54, 1.807) is 23.1 Å². The maximum Gasteiger partial charge on any atom is 0.308 e. The van der Waals surface area contributed by atoms with Crippen molar-refractivity contribution >= 4 is 23.5 Å². The lowest BCUT2D eigenvalue weighted by Crippen LogP contribution is -2.30. The third kappa shape index (κ3) is 3.58. The van der Waals surface area contributed by atoms with E-state index in [9.17, 15) is 14.7 Å². The van der Waals surface area contributed by atoms with Crippen molar-refractivity contribution in [3.63, 3.8) is 0 Å². The number of rotatable bonds is 4. The number of hydrogen-bond acceptors (Lipinski definition) is 3. The number of nitrogens with zero attached hydrogens (tertiary/aromatic N) is 3. The van der Waals surface area contributed by atoms with Crippen LogP contribution in [0.2, 0.25) is 5.02 Å². The van der Waals surface area contributed by atoms with Crippen LogP contribution in [0.4, 0.5) is 0 Å². The van der Waals surface area contributed by atoms with Crippen molar-refractivity contribution in [3.05, 3.63) is 52.8 Å². The van der Waals surface area contributed by atoms with Crippen molar-refractivity contribution in [2.45, 2.75) is 37.6 Å². The van der Waals surface area contributed by atoms with Gasteiger partial charge in [-0.15, -0.1) is 0 Å². The lowest BCUT2D eigenvalue weighted by molar-refractivity contribution is -0.141. The molecule has 1 aromatic carbocycles. The van der Waals surface area contributed by atoms with E-state index >= 15 is 0 Å². The molecule has 7 heteroatoms.